The third-order valence-electron chi connectivity index (χ3n) is 3.86. The van der Waals surface area contributed by atoms with Gasteiger partial charge in [0.05, 0.1) is 6.20 Å². The molecule has 3 aromatic rings. The maximum Gasteiger partial charge on any atom is 0.130 e. The summed E-state index contributed by atoms with van der Waals surface area (Å²) in [6, 6.07) is 8.41. The molecule has 0 amide bonds. The topological polar surface area (TPSA) is 69.6 Å². The highest BCUT2D eigenvalue weighted by atomic mass is 15.2. The van der Waals surface area contributed by atoms with Crippen molar-refractivity contribution < 1.29 is 0 Å². The number of benzene rings is 1. The Morgan fingerprint density at radius 2 is 2.00 bits per heavy atom. The summed E-state index contributed by atoms with van der Waals surface area (Å²) < 4.78 is 1.80. The quantitative estimate of drug-likeness (QED) is 0.806. The molecule has 2 heterocycles. The molecule has 1 aromatic carbocycles. The van der Waals surface area contributed by atoms with Crippen molar-refractivity contribution in [2.75, 3.05) is 5.73 Å². The molecule has 0 spiro atoms. The van der Waals surface area contributed by atoms with Crippen LogP contribution in [0.4, 0.5) is 5.82 Å². The molecule has 1 atom stereocenters. The molecule has 0 aliphatic carbocycles. The lowest BCUT2D eigenvalue weighted by Gasteiger charge is -2.15. The van der Waals surface area contributed by atoms with Gasteiger partial charge in [-0.25, -0.2) is 9.97 Å². The number of nitrogen functional groups attached to an aromatic ring is 1. The molecule has 22 heavy (non-hydrogen) atoms. The first-order chi connectivity index (χ1) is 10.5. The van der Waals surface area contributed by atoms with E-state index < -0.39 is 0 Å². The van der Waals surface area contributed by atoms with E-state index in [4.69, 9.17) is 5.73 Å². The lowest BCUT2D eigenvalue weighted by Crippen LogP contribution is -2.05. The van der Waals surface area contributed by atoms with Crippen molar-refractivity contribution in [3.63, 3.8) is 0 Å². The highest BCUT2D eigenvalue weighted by Gasteiger charge is 2.14. The van der Waals surface area contributed by atoms with Crippen molar-refractivity contribution in [3.8, 4) is 11.1 Å². The Morgan fingerprint density at radius 1 is 1.18 bits per heavy atom. The van der Waals surface area contributed by atoms with Crippen molar-refractivity contribution in [1.82, 2.24) is 19.7 Å². The number of rotatable bonds is 3. The van der Waals surface area contributed by atoms with Crippen molar-refractivity contribution in [2.45, 2.75) is 19.8 Å². The predicted octanol–water partition coefficient (Wildman–Crippen LogP) is 2.92. The second kappa shape index (κ2) is 5.60. The number of nitrogens with zero attached hydrogens (tertiary/aromatic N) is 4. The molecule has 0 saturated carbocycles. The van der Waals surface area contributed by atoms with E-state index in [0.29, 0.717) is 11.6 Å². The average molecular weight is 293 g/mol. The Hall–Kier alpha value is -2.69. The molecule has 0 radical (unpaired) electrons. The van der Waals surface area contributed by atoms with Crippen LogP contribution in [0.3, 0.4) is 0 Å². The fourth-order valence-corrected chi connectivity index (χ4v) is 2.57. The van der Waals surface area contributed by atoms with E-state index in [0.717, 1.165) is 16.7 Å². The van der Waals surface area contributed by atoms with Crippen LogP contribution in [0.15, 0.2) is 42.9 Å². The third-order valence-corrected chi connectivity index (χ3v) is 3.86. The van der Waals surface area contributed by atoms with E-state index in [-0.39, 0.29) is 5.92 Å². The molecule has 2 aromatic heterocycles. The molecule has 0 aliphatic heterocycles. The molecule has 0 fully saturated rings. The molecule has 0 bridgehead atoms. The first kappa shape index (κ1) is 14.3. The maximum absolute atomic E-state index is 6.05. The van der Waals surface area contributed by atoms with Gasteiger partial charge in [-0.1, -0.05) is 31.2 Å². The van der Waals surface area contributed by atoms with Crippen LogP contribution in [0.25, 0.3) is 11.1 Å². The van der Waals surface area contributed by atoms with Crippen LogP contribution in [0, 0.1) is 6.92 Å². The lowest BCUT2D eigenvalue weighted by atomic mass is 9.92. The van der Waals surface area contributed by atoms with Gasteiger partial charge >= 0.3 is 0 Å². The van der Waals surface area contributed by atoms with Gasteiger partial charge in [-0.15, -0.1) is 0 Å². The Morgan fingerprint density at radius 3 is 2.68 bits per heavy atom. The van der Waals surface area contributed by atoms with Crippen LogP contribution >= 0.6 is 0 Å². The van der Waals surface area contributed by atoms with Gasteiger partial charge in [0.1, 0.15) is 11.6 Å². The Labute approximate surface area is 129 Å². The van der Waals surface area contributed by atoms with Gasteiger partial charge in [-0.3, -0.25) is 4.68 Å². The largest absolute Gasteiger partial charge is 0.383 e. The molecule has 2 N–H and O–H groups in total. The molecule has 0 saturated heterocycles. The van der Waals surface area contributed by atoms with Crippen LogP contribution in [0.1, 0.15) is 29.8 Å². The zero-order chi connectivity index (χ0) is 15.7. The first-order valence-corrected chi connectivity index (χ1v) is 7.22. The molecule has 112 valence electrons. The van der Waals surface area contributed by atoms with Crippen molar-refractivity contribution >= 4 is 5.82 Å². The van der Waals surface area contributed by atoms with Gasteiger partial charge in [0.15, 0.2) is 0 Å². The highest BCUT2D eigenvalue weighted by Crippen LogP contribution is 2.30. The lowest BCUT2D eigenvalue weighted by molar-refractivity contribution is 0.768. The smallest absolute Gasteiger partial charge is 0.130 e. The van der Waals surface area contributed by atoms with Crippen molar-refractivity contribution in [1.29, 1.82) is 0 Å². The van der Waals surface area contributed by atoms with Gasteiger partial charge in [0.25, 0.3) is 0 Å². The number of anilines is 1. The Kier molecular flexibility index (Phi) is 3.63. The van der Waals surface area contributed by atoms with E-state index in [2.05, 4.69) is 46.3 Å². The third kappa shape index (κ3) is 2.70. The van der Waals surface area contributed by atoms with Gasteiger partial charge in [0, 0.05) is 36.5 Å². The average Bonchev–Trinajstić information content (AvgIpc) is 2.93. The number of aromatic nitrogens is 4. The fraction of sp³-hybridized carbons (Fsp3) is 0.235. The molecule has 5 nitrogen and oxygen atoms in total. The number of aryl methyl sites for hydroxylation is 2. The minimum Gasteiger partial charge on any atom is -0.383 e. The summed E-state index contributed by atoms with van der Waals surface area (Å²) in [5, 5.41) is 4.23. The zero-order valence-electron chi connectivity index (χ0n) is 13.0. The monoisotopic (exact) mass is 293 g/mol. The molecule has 0 unspecified atom stereocenters. The predicted molar refractivity (Wildman–Crippen MR) is 87.3 cm³/mol. The van der Waals surface area contributed by atoms with E-state index in [1.54, 1.807) is 4.68 Å². The number of hydrogen-bond acceptors (Lipinski definition) is 4. The van der Waals surface area contributed by atoms with Gasteiger partial charge in [-0.05, 0) is 18.1 Å². The van der Waals surface area contributed by atoms with Crippen LogP contribution in [0.5, 0.6) is 0 Å². The second-order valence-corrected chi connectivity index (χ2v) is 5.51. The summed E-state index contributed by atoms with van der Waals surface area (Å²) >= 11 is 0. The summed E-state index contributed by atoms with van der Waals surface area (Å²) in [4.78, 5) is 8.52. The highest BCUT2D eigenvalue weighted by molar-refractivity contribution is 5.63. The van der Waals surface area contributed by atoms with E-state index >= 15 is 0 Å². The summed E-state index contributed by atoms with van der Waals surface area (Å²) in [6.07, 6.45) is 5.69. The molecule has 3 rings (SSSR count). The van der Waals surface area contributed by atoms with Crippen LogP contribution in [-0.4, -0.2) is 19.7 Å². The van der Waals surface area contributed by atoms with E-state index in [1.807, 2.05) is 32.6 Å². The van der Waals surface area contributed by atoms with Crippen molar-refractivity contribution in [2.24, 2.45) is 7.05 Å². The summed E-state index contributed by atoms with van der Waals surface area (Å²) in [7, 11) is 1.92. The van der Waals surface area contributed by atoms with Gasteiger partial charge in [0.2, 0.25) is 0 Å². The summed E-state index contributed by atoms with van der Waals surface area (Å²) in [5.41, 5.74) is 10.4. The minimum atomic E-state index is 0.136. The first-order valence-electron chi connectivity index (χ1n) is 7.22. The second-order valence-electron chi connectivity index (χ2n) is 5.51. The normalized spacial score (nSPS) is 12.3. The molecule has 0 aliphatic rings. The van der Waals surface area contributed by atoms with Crippen LogP contribution < -0.4 is 5.73 Å². The maximum atomic E-state index is 6.05. The SMILES string of the molecule is Cc1ncc([C@H](C)c2cccc(-c3cnn(C)c3)c2)c(N)n1. The zero-order valence-corrected chi connectivity index (χ0v) is 13.0. The standard InChI is InChI=1S/C17H19N5/c1-11(16-9-19-12(2)21-17(16)18)13-5-4-6-14(7-13)15-8-20-22(3)10-15/h4-11H,1-3H3,(H2,18,19,21)/t11-/m1/s1. The van der Waals surface area contributed by atoms with E-state index in [1.165, 1.54) is 5.56 Å². The van der Waals surface area contributed by atoms with Gasteiger partial charge < -0.3 is 5.73 Å². The van der Waals surface area contributed by atoms with Crippen LogP contribution in [0.2, 0.25) is 0 Å². The van der Waals surface area contributed by atoms with E-state index in [9.17, 15) is 0 Å². The number of nitrogens with two attached hydrogens (primary N) is 1. The number of hydrogen-bond donors (Lipinski definition) is 1. The van der Waals surface area contributed by atoms with Crippen molar-refractivity contribution in [3.05, 3.63) is 59.8 Å². The van der Waals surface area contributed by atoms with Gasteiger partial charge in [-0.2, -0.15) is 5.10 Å². The van der Waals surface area contributed by atoms with Crippen LogP contribution in [-0.2, 0) is 7.05 Å². The molecule has 5 heteroatoms. The summed E-state index contributed by atoms with van der Waals surface area (Å²) in [6.45, 7) is 3.96. The fourth-order valence-electron chi connectivity index (χ4n) is 2.57. The summed E-state index contributed by atoms with van der Waals surface area (Å²) in [5.74, 6) is 1.38. The Balaban J connectivity index is 1.98. The minimum absolute atomic E-state index is 0.136. The Bertz CT molecular complexity index is 806. The molecular weight excluding hydrogens is 274 g/mol. The molecular formula is C17H19N5.